The standard InChI is InChI=1S/C20H18NSSi.C12H10N.Ir/c1-23(2,3)18-12-7-11-17-19(18)15-9-6-8-14(20(15)22-17)16-10-4-5-13-21-16;1-10-7-8-12(13-9-10)11-5-3-2-4-6-11;/h4-7,9-13H,1-3H3;2-5,7-9H,1H3;/q2*-1;. The zero-order valence-corrected chi connectivity index (χ0v) is 25.6. The molecule has 0 atom stereocenters. The zero-order valence-electron chi connectivity index (χ0n) is 21.4. The molecule has 0 aliphatic carbocycles. The number of nitrogens with zero attached hydrogens (tertiary/aromatic N) is 2. The third kappa shape index (κ3) is 5.97. The summed E-state index contributed by atoms with van der Waals surface area (Å²) in [5.41, 5.74) is 5.32. The molecule has 0 saturated carbocycles. The number of hydrogen-bond donors (Lipinski definition) is 0. The van der Waals surface area contributed by atoms with E-state index in [9.17, 15) is 0 Å². The van der Waals surface area contributed by atoms with Crippen LogP contribution in [0.15, 0.2) is 97.3 Å². The van der Waals surface area contributed by atoms with Crippen molar-refractivity contribution in [1.82, 2.24) is 9.97 Å². The Morgan fingerprint density at radius 3 is 2.27 bits per heavy atom. The number of pyridine rings is 2. The van der Waals surface area contributed by atoms with Gasteiger partial charge in [-0.2, -0.15) is 11.3 Å². The maximum Gasteiger partial charge on any atom is 0.0783 e. The second kappa shape index (κ2) is 11.6. The normalized spacial score (nSPS) is 11.0. The number of hydrogen-bond acceptors (Lipinski definition) is 3. The van der Waals surface area contributed by atoms with E-state index in [1.54, 1.807) is 5.19 Å². The van der Waals surface area contributed by atoms with Crippen molar-refractivity contribution >= 4 is 44.8 Å². The molecule has 1 radical (unpaired) electrons. The molecule has 37 heavy (non-hydrogen) atoms. The smallest absolute Gasteiger partial charge is 0.0783 e. The Bertz CT molecular complexity index is 1610. The first-order valence-corrected chi connectivity index (χ1v) is 16.4. The average Bonchev–Trinajstić information content (AvgIpc) is 3.29. The summed E-state index contributed by atoms with van der Waals surface area (Å²) >= 11 is 1.86. The first kappa shape index (κ1) is 27.1. The van der Waals surface area contributed by atoms with E-state index < -0.39 is 8.07 Å². The minimum atomic E-state index is -1.39. The molecular formula is C32H28IrN2SSi-2. The van der Waals surface area contributed by atoms with E-state index in [2.05, 4.69) is 78.1 Å². The van der Waals surface area contributed by atoms with E-state index >= 15 is 0 Å². The first-order chi connectivity index (χ1) is 17.4. The molecular weight excluding hydrogens is 665 g/mol. The predicted molar refractivity (Wildman–Crippen MR) is 158 cm³/mol. The Hall–Kier alpha value is -2.95. The Kier molecular flexibility index (Phi) is 8.51. The Labute approximate surface area is 237 Å². The van der Waals surface area contributed by atoms with Crippen LogP contribution >= 0.6 is 11.3 Å². The van der Waals surface area contributed by atoms with Crippen LogP contribution in [0.4, 0.5) is 0 Å². The van der Waals surface area contributed by atoms with Gasteiger partial charge in [-0.1, -0.05) is 66.6 Å². The van der Waals surface area contributed by atoms with Gasteiger partial charge in [-0.15, -0.1) is 59.7 Å². The van der Waals surface area contributed by atoms with E-state index in [0.717, 1.165) is 22.5 Å². The van der Waals surface area contributed by atoms with Crippen LogP contribution in [0.5, 0.6) is 0 Å². The summed E-state index contributed by atoms with van der Waals surface area (Å²) in [6.45, 7) is 9.28. The fourth-order valence-corrected chi connectivity index (χ4v) is 7.24. The quantitative estimate of drug-likeness (QED) is 0.138. The molecule has 187 valence electrons. The van der Waals surface area contributed by atoms with E-state index in [-0.39, 0.29) is 20.1 Å². The van der Waals surface area contributed by atoms with Crippen LogP contribution in [0, 0.1) is 19.1 Å². The van der Waals surface area contributed by atoms with Crippen LogP contribution in [0.1, 0.15) is 5.56 Å². The van der Waals surface area contributed by atoms with Crippen LogP contribution in [0.3, 0.4) is 0 Å². The van der Waals surface area contributed by atoms with Gasteiger partial charge >= 0.3 is 0 Å². The van der Waals surface area contributed by atoms with E-state index in [1.807, 2.05) is 79.2 Å². The van der Waals surface area contributed by atoms with Gasteiger partial charge in [0.05, 0.1) is 8.07 Å². The molecule has 2 nitrogen and oxygen atoms in total. The molecule has 0 N–H and O–H groups in total. The topological polar surface area (TPSA) is 25.8 Å². The maximum absolute atomic E-state index is 4.52. The average molecular weight is 693 g/mol. The van der Waals surface area contributed by atoms with Crippen molar-refractivity contribution in [3.8, 4) is 22.5 Å². The summed E-state index contributed by atoms with van der Waals surface area (Å²) in [6, 6.07) is 35.6. The van der Waals surface area contributed by atoms with Crippen molar-refractivity contribution in [1.29, 1.82) is 0 Å². The van der Waals surface area contributed by atoms with Crippen LogP contribution < -0.4 is 5.19 Å². The molecule has 3 aromatic heterocycles. The number of fused-ring (bicyclic) bond motifs is 3. The van der Waals surface area contributed by atoms with Gasteiger partial charge in [0, 0.05) is 37.2 Å². The Morgan fingerprint density at radius 1 is 0.757 bits per heavy atom. The number of thiophene rings is 1. The maximum atomic E-state index is 4.52. The van der Waals surface area contributed by atoms with Gasteiger partial charge in [-0.05, 0) is 46.1 Å². The van der Waals surface area contributed by atoms with Gasteiger partial charge in [0.1, 0.15) is 0 Å². The number of aryl methyl sites for hydroxylation is 1. The molecule has 6 rings (SSSR count). The van der Waals surface area contributed by atoms with Crippen molar-refractivity contribution in [2.24, 2.45) is 0 Å². The molecule has 0 unspecified atom stereocenters. The summed E-state index contributed by atoms with van der Waals surface area (Å²) in [5, 5.41) is 4.33. The Balaban J connectivity index is 0.000000195. The Morgan fingerprint density at radius 2 is 1.59 bits per heavy atom. The molecule has 0 amide bonds. The van der Waals surface area contributed by atoms with Crippen LogP contribution in [0.2, 0.25) is 19.6 Å². The first-order valence-electron chi connectivity index (χ1n) is 12.1. The summed E-state index contributed by atoms with van der Waals surface area (Å²) in [6.07, 6.45) is 3.72. The van der Waals surface area contributed by atoms with Crippen molar-refractivity contribution < 1.29 is 20.1 Å². The summed E-state index contributed by atoms with van der Waals surface area (Å²) in [7, 11) is -1.39. The number of aromatic nitrogens is 2. The monoisotopic (exact) mass is 693 g/mol. The van der Waals surface area contributed by atoms with Gasteiger partial charge in [-0.3, -0.25) is 0 Å². The molecule has 0 aliphatic heterocycles. The number of benzene rings is 3. The molecule has 3 heterocycles. The van der Waals surface area contributed by atoms with Gasteiger partial charge in [0.15, 0.2) is 0 Å². The molecule has 5 heteroatoms. The van der Waals surface area contributed by atoms with E-state index in [0.29, 0.717) is 0 Å². The fraction of sp³-hybridized carbons (Fsp3) is 0.125. The SMILES string of the molecule is C[Si](C)(C)c1cccc2sc3c(-c4ccccn4)[c-]ccc3c12.Cc1ccc(-c2[c-]cccc2)nc1.[Ir]. The molecule has 6 aromatic rings. The van der Waals surface area contributed by atoms with Gasteiger partial charge in [0.2, 0.25) is 0 Å². The molecule has 0 spiro atoms. The van der Waals surface area contributed by atoms with Crippen molar-refractivity contribution in [2.75, 3.05) is 0 Å². The van der Waals surface area contributed by atoms with Crippen LogP contribution in [-0.4, -0.2) is 18.0 Å². The molecule has 3 aromatic carbocycles. The predicted octanol–water partition coefficient (Wildman–Crippen LogP) is 8.32. The summed E-state index contributed by atoms with van der Waals surface area (Å²) in [4.78, 5) is 8.84. The zero-order chi connectivity index (χ0) is 25.1. The summed E-state index contributed by atoms with van der Waals surface area (Å²) < 4.78 is 2.67. The van der Waals surface area contributed by atoms with E-state index in [4.69, 9.17) is 0 Å². The molecule has 0 fully saturated rings. The van der Waals surface area contributed by atoms with Crippen molar-refractivity contribution in [3.63, 3.8) is 0 Å². The molecule has 0 saturated heterocycles. The third-order valence-corrected chi connectivity index (χ3v) is 9.30. The minimum absolute atomic E-state index is 0. The largest absolute Gasteiger partial charge is 0.305 e. The van der Waals surface area contributed by atoms with Gasteiger partial charge in [-0.25, -0.2) is 0 Å². The van der Waals surface area contributed by atoms with E-state index in [1.165, 1.54) is 25.7 Å². The second-order valence-corrected chi connectivity index (χ2v) is 15.9. The van der Waals surface area contributed by atoms with Crippen molar-refractivity contribution in [2.45, 2.75) is 26.6 Å². The minimum Gasteiger partial charge on any atom is -0.305 e. The fourth-order valence-electron chi connectivity index (χ4n) is 4.30. The second-order valence-electron chi connectivity index (χ2n) is 9.84. The van der Waals surface area contributed by atoms with Gasteiger partial charge in [0.25, 0.3) is 0 Å². The number of rotatable bonds is 3. The van der Waals surface area contributed by atoms with Crippen LogP contribution in [0.25, 0.3) is 42.7 Å². The van der Waals surface area contributed by atoms with Crippen molar-refractivity contribution in [3.05, 3.63) is 115 Å². The van der Waals surface area contributed by atoms with Crippen LogP contribution in [-0.2, 0) is 20.1 Å². The molecule has 0 bridgehead atoms. The summed E-state index contributed by atoms with van der Waals surface area (Å²) in [5.74, 6) is 0. The molecule has 0 aliphatic rings. The third-order valence-electron chi connectivity index (χ3n) is 6.08. The van der Waals surface area contributed by atoms with Gasteiger partial charge < -0.3 is 9.97 Å².